The fourth-order valence-corrected chi connectivity index (χ4v) is 0.451. The van der Waals surface area contributed by atoms with Crippen molar-refractivity contribution in [2.45, 2.75) is 13.0 Å². The lowest BCUT2D eigenvalue weighted by Gasteiger charge is -2.09. The van der Waals surface area contributed by atoms with Gasteiger partial charge in [0.2, 0.25) is 0 Å². The summed E-state index contributed by atoms with van der Waals surface area (Å²) in [6.45, 7) is 2.38. The lowest BCUT2D eigenvalue weighted by molar-refractivity contribution is 0.160. The van der Waals surface area contributed by atoms with E-state index in [1.807, 2.05) is 7.05 Å². The Bertz CT molecular complexity index is 37.3. The highest BCUT2D eigenvalue weighted by molar-refractivity contribution is 4.51. The molecule has 0 amide bonds. The fraction of sp³-hybridized carbons (Fsp3) is 0.800. The van der Waals surface area contributed by atoms with Crippen LogP contribution in [0.1, 0.15) is 6.92 Å². The van der Waals surface area contributed by atoms with Crippen LogP contribution in [0.5, 0.6) is 0 Å². The van der Waals surface area contributed by atoms with E-state index in [1.165, 1.54) is 0 Å². The van der Waals surface area contributed by atoms with Gasteiger partial charge in [-0.05, 0) is 14.0 Å². The number of aliphatic hydroxyl groups is 1. The van der Waals surface area contributed by atoms with Gasteiger partial charge in [-0.1, -0.05) is 0 Å². The predicted octanol–water partition coefficient (Wildman–Crippen LogP) is 0.0906. The predicted molar refractivity (Wildman–Crippen MR) is 29.7 cm³/mol. The third kappa shape index (κ3) is 5.92. The Labute approximate surface area is 44.8 Å². The molecule has 0 fully saturated rings. The Morgan fingerprint density at radius 2 is 2.29 bits per heavy atom. The standard InChI is InChI=1S/C5H12NO/c1-5(7)4-6(2)3/h5,7H,2,4H2,1,3H3. The van der Waals surface area contributed by atoms with Crippen molar-refractivity contribution in [2.75, 3.05) is 13.6 Å². The normalized spacial score (nSPS) is 15.0. The maximum absolute atomic E-state index is 8.64. The second-order valence-electron chi connectivity index (χ2n) is 1.89. The molecule has 0 aliphatic heterocycles. The third-order valence-electron chi connectivity index (χ3n) is 0.576. The number of likely N-dealkylation sites (N-methyl/N-ethyl adjacent to an activating group) is 1. The minimum atomic E-state index is -0.262. The molecule has 1 unspecified atom stereocenters. The minimum absolute atomic E-state index is 0.262. The maximum Gasteiger partial charge on any atom is 0.0638 e. The van der Waals surface area contributed by atoms with Crippen molar-refractivity contribution < 1.29 is 5.11 Å². The number of hydrogen-bond donors (Lipinski definition) is 1. The Balaban J connectivity index is 2.95. The summed E-state index contributed by atoms with van der Waals surface area (Å²) in [6, 6.07) is 0. The van der Waals surface area contributed by atoms with Crippen molar-refractivity contribution in [3.63, 3.8) is 0 Å². The molecule has 0 bridgehead atoms. The molecular formula is C5H12NO. The largest absolute Gasteiger partial charge is 0.392 e. The van der Waals surface area contributed by atoms with Crippen LogP contribution < -0.4 is 0 Å². The van der Waals surface area contributed by atoms with Crippen molar-refractivity contribution >= 4 is 0 Å². The van der Waals surface area contributed by atoms with Gasteiger partial charge in [0.15, 0.2) is 0 Å². The van der Waals surface area contributed by atoms with E-state index >= 15 is 0 Å². The molecule has 2 nitrogen and oxygen atoms in total. The van der Waals surface area contributed by atoms with Crippen LogP contribution in [-0.2, 0) is 0 Å². The Morgan fingerprint density at radius 1 is 1.86 bits per heavy atom. The van der Waals surface area contributed by atoms with Gasteiger partial charge in [-0.3, -0.25) is 0 Å². The summed E-state index contributed by atoms with van der Waals surface area (Å²) in [5.74, 6) is 0. The molecule has 1 radical (unpaired) electrons. The summed E-state index contributed by atoms with van der Waals surface area (Å²) < 4.78 is 0. The second-order valence-corrected chi connectivity index (χ2v) is 1.89. The first-order chi connectivity index (χ1) is 3.13. The Hall–Kier alpha value is -0.0800. The molecule has 0 aliphatic rings. The molecule has 0 heterocycles. The summed E-state index contributed by atoms with van der Waals surface area (Å²) in [5.41, 5.74) is 0. The lowest BCUT2D eigenvalue weighted by atomic mass is 10.4. The summed E-state index contributed by atoms with van der Waals surface area (Å²) in [5, 5.41) is 8.64. The van der Waals surface area contributed by atoms with Gasteiger partial charge < -0.3 is 10.0 Å². The van der Waals surface area contributed by atoms with Crippen molar-refractivity contribution in [1.82, 2.24) is 4.90 Å². The SMILES string of the molecule is [CH2]N(C)CC(C)O. The first kappa shape index (κ1) is 6.92. The Morgan fingerprint density at radius 3 is 2.29 bits per heavy atom. The average Bonchev–Trinajstić information content (AvgIpc) is 1.27. The van der Waals surface area contributed by atoms with E-state index in [0.29, 0.717) is 6.54 Å². The topological polar surface area (TPSA) is 23.5 Å². The highest BCUT2D eigenvalue weighted by atomic mass is 16.3. The molecule has 0 aliphatic carbocycles. The highest BCUT2D eigenvalue weighted by Crippen LogP contribution is 1.81. The molecule has 0 rings (SSSR count). The summed E-state index contributed by atoms with van der Waals surface area (Å²) >= 11 is 0. The van der Waals surface area contributed by atoms with Crippen LogP contribution in [0.2, 0.25) is 0 Å². The molecule has 1 atom stereocenters. The number of hydrogen-bond acceptors (Lipinski definition) is 2. The zero-order valence-electron chi connectivity index (χ0n) is 4.89. The number of rotatable bonds is 2. The molecule has 0 aromatic carbocycles. The highest BCUT2D eigenvalue weighted by Gasteiger charge is 1.94. The smallest absolute Gasteiger partial charge is 0.0638 e. The van der Waals surface area contributed by atoms with E-state index in [-0.39, 0.29) is 6.10 Å². The molecule has 0 saturated carbocycles. The molecule has 2 heteroatoms. The van der Waals surface area contributed by atoms with E-state index < -0.39 is 0 Å². The van der Waals surface area contributed by atoms with Crippen molar-refractivity contribution in [3.05, 3.63) is 7.05 Å². The average molecular weight is 102 g/mol. The monoisotopic (exact) mass is 102 g/mol. The minimum Gasteiger partial charge on any atom is -0.392 e. The molecule has 1 N–H and O–H groups in total. The molecular weight excluding hydrogens is 90.1 g/mol. The molecule has 0 spiro atoms. The van der Waals surface area contributed by atoms with Gasteiger partial charge in [0, 0.05) is 13.6 Å². The quantitative estimate of drug-likeness (QED) is 0.534. The van der Waals surface area contributed by atoms with E-state index in [9.17, 15) is 0 Å². The van der Waals surface area contributed by atoms with Gasteiger partial charge in [-0.15, -0.1) is 0 Å². The van der Waals surface area contributed by atoms with Gasteiger partial charge in [-0.2, -0.15) is 0 Å². The van der Waals surface area contributed by atoms with Gasteiger partial charge in [0.05, 0.1) is 6.10 Å². The summed E-state index contributed by atoms with van der Waals surface area (Å²) in [7, 11) is 5.38. The number of aliphatic hydroxyl groups excluding tert-OH is 1. The van der Waals surface area contributed by atoms with E-state index in [1.54, 1.807) is 11.8 Å². The Kier molecular flexibility index (Phi) is 2.96. The summed E-state index contributed by atoms with van der Waals surface area (Å²) in [6.07, 6.45) is -0.262. The van der Waals surface area contributed by atoms with Crippen LogP contribution in [-0.4, -0.2) is 29.7 Å². The number of nitrogens with zero attached hydrogens (tertiary/aromatic N) is 1. The van der Waals surface area contributed by atoms with Crippen LogP contribution in [0.3, 0.4) is 0 Å². The first-order valence-corrected chi connectivity index (χ1v) is 2.32. The van der Waals surface area contributed by atoms with E-state index in [2.05, 4.69) is 7.05 Å². The second kappa shape index (κ2) is 2.99. The van der Waals surface area contributed by atoms with Crippen LogP contribution >= 0.6 is 0 Å². The van der Waals surface area contributed by atoms with Crippen LogP contribution in [0.4, 0.5) is 0 Å². The van der Waals surface area contributed by atoms with Crippen LogP contribution in [0, 0.1) is 7.05 Å². The van der Waals surface area contributed by atoms with Crippen LogP contribution in [0.15, 0.2) is 0 Å². The van der Waals surface area contributed by atoms with Gasteiger partial charge in [0.25, 0.3) is 0 Å². The maximum atomic E-state index is 8.64. The summed E-state index contributed by atoms with van der Waals surface area (Å²) in [4.78, 5) is 1.70. The molecule has 43 valence electrons. The lowest BCUT2D eigenvalue weighted by Crippen LogP contribution is -2.20. The van der Waals surface area contributed by atoms with Gasteiger partial charge >= 0.3 is 0 Å². The molecule has 0 aromatic heterocycles. The van der Waals surface area contributed by atoms with Gasteiger partial charge in [-0.25, -0.2) is 0 Å². The molecule has 7 heavy (non-hydrogen) atoms. The van der Waals surface area contributed by atoms with Gasteiger partial charge in [0.1, 0.15) is 0 Å². The molecule has 0 saturated heterocycles. The van der Waals surface area contributed by atoms with Crippen molar-refractivity contribution in [2.24, 2.45) is 0 Å². The van der Waals surface area contributed by atoms with E-state index in [0.717, 1.165) is 0 Å². The zero-order chi connectivity index (χ0) is 5.86. The first-order valence-electron chi connectivity index (χ1n) is 2.32. The fourth-order valence-electron chi connectivity index (χ4n) is 0.451. The zero-order valence-corrected chi connectivity index (χ0v) is 4.89. The van der Waals surface area contributed by atoms with Crippen molar-refractivity contribution in [3.8, 4) is 0 Å². The van der Waals surface area contributed by atoms with E-state index in [4.69, 9.17) is 5.11 Å². The third-order valence-corrected chi connectivity index (χ3v) is 0.576. The van der Waals surface area contributed by atoms with Crippen LogP contribution in [0.25, 0.3) is 0 Å². The van der Waals surface area contributed by atoms with Crippen molar-refractivity contribution in [1.29, 1.82) is 0 Å². The molecule has 0 aromatic rings.